The Morgan fingerprint density at radius 3 is 2.50 bits per heavy atom. The van der Waals surface area contributed by atoms with Crippen molar-refractivity contribution >= 4 is 17.7 Å². The Bertz CT molecular complexity index is 1110. The normalized spacial score (nSPS) is 20.0. The number of aryl methyl sites for hydroxylation is 1. The Morgan fingerprint density at radius 1 is 1.03 bits per heavy atom. The summed E-state index contributed by atoms with van der Waals surface area (Å²) in [5, 5.41) is 7.62. The van der Waals surface area contributed by atoms with Crippen molar-refractivity contribution in [3.05, 3.63) is 46.8 Å². The second kappa shape index (κ2) is 9.12. The van der Waals surface area contributed by atoms with Crippen LogP contribution in [0.2, 0.25) is 0 Å². The van der Waals surface area contributed by atoms with Crippen LogP contribution < -0.4 is 10.1 Å². The van der Waals surface area contributed by atoms with Crippen molar-refractivity contribution in [3.8, 4) is 5.75 Å². The first-order chi connectivity index (χ1) is 16.4. The van der Waals surface area contributed by atoms with Gasteiger partial charge in [0.25, 0.3) is 11.8 Å². The zero-order chi connectivity index (χ0) is 23.8. The van der Waals surface area contributed by atoms with Gasteiger partial charge in [-0.3, -0.25) is 19.1 Å². The summed E-state index contributed by atoms with van der Waals surface area (Å²) in [6.45, 7) is 1.94. The Balaban J connectivity index is 1.32. The van der Waals surface area contributed by atoms with Gasteiger partial charge in [-0.1, -0.05) is 0 Å². The number of amides is 3. The third-order valence-corrected chi connectivity index (χ3v) is 7.07. The highest BCUT2D eigenvalue weighted by atomic mass is 16.5. The first kappa shape index (κ1) is 22.4. The van der Waals surface area contributed by atoms with Gasteiger partial charge >= 0.3 is 0 Å². The summed E-state index contributed by atoms with van der Waals surface area (Å²) in [5.41, 5.74) is 2.78. The summed E-state index contributed by atoms with van der Waals surface area (Å²) < 4.78 is 6.95. The monoisotopic (exact) mass is 465 g/mol. The maximum Gasteiger partial charge on any atom is 0.274 e. The lowest BCUT2D eigenvalue weighted by Gasteiger charge is -2.32. The SMILES string of the molecule is COc1ccc(C(=O)N2CCc3c(c(C(=O)N4CCCC(C(=O)NC5CC5)C4)nn3C)C2)cc1. The highest BCUT2D eigenvalue weighted by molar-refractivity contribution is 5.96. The van der Waals surface area contributed by atoms with E-state index in [0.29, 0.717) is 55.6 Å². The van der Waals surface area contributed by atoms with Gasteiger partial charge in [0.05, 0.1) is 19.6 Å². The molecule has 3 amide bonds. The lowest BCUT2D eigenvalue weighted by Crippen LogP contribution is -2.46. The van der Waals surface area contributed by atoms with Crippen molar-refractivity contribution < 1.29 is 19.1 Å². The summed E-state index contributed by atoms with van der Waals surface area (Å²) >= 11 is 0. The highest BCUT2D eigenvalue weighted by Crippen LogP contribution is 2.27. The van der Waals surface area contributed by atoms with Crippen LogP contribution in [0.4, 0.5) is 0 Å². The molecule has 1 unspecified atom stereocenters. The molecule has 5 rings (SSSR count). The highest BCUT2D eigenvalue weighted by Gasteiger charge is 2.35. The molecule has 2 fully saturated rings. The van der Waals surface area contributed by atoms with Crippen LogP contribution in [0, 0.1) is 5.92 Å². The van der Waals surface area contributed by atoms with Crippen LogP contribution in [0.3, 0.4) is 0 Å². The van der Waals surface area contributed by atoms with Crippen LogP contribution >= 0.6 is 0 Å². The maximum atomic E-state index is 13.5. The number of hydrogen-bond donors (Lipinski definition) is 1. The number of carbonyl (C=O) groups excluding carboxylic acids is 3. The predicted octanol–water partition coefficient (Wildman–Crippen LogP) is 1.76. The summed E-state index contributed by atoms with van der Waals surface area (Å²) in [7, 11) is 3.44. The van der Waals surface area contributed by atoms with E-state index in [9.17, 15) is 14.4 Å². The molecule has 1 aliphatic carbocycles. The fourth-order valence-electron chi connectivity index (χ4n) is 4.93. The summed E-state index contributed by atoms with van der Waals surface area (Å²) in [6, 6.07) is 7.37. The molecule has 9 heteroatoms. The summed E-state index contributed by atoms with van der Waals surface area (Å²) in [6.07, 6.45) is 4.33. The van der Waals surface area contributed by atoms with E-state index in [1.54, 1.807) is 45.9 Å². The molecule has 1 saturated carbocycles. The number of piperidine rings is 1. The molecule has 0 bridgehead atoms. The molecule has 180 valence electrons. The minimum absolute atomic E-state index is 0.0549. The average molecular weight is 466 g/mol. The number of methoxy groups -OCH3 is 1. The first-order valence-electron chi connectivity index (χ1n) is 12.0. The minimum Gasteiger partial charge on any atom is -0.497 e. The molecule has 2 aromatic rings. The van der Waals surface area contributed by atoms with E-state index >= 15 is 0 Å². The van der Waals surface area contributed by atoms with Crippen molar-refractivity contribution in [2.75, 3.05) is 26.7 Å². The van der Waals surface area contributed by atoms with Gasteiger partial charge in [-0.05, 0) is 49.9 Å². The number of ether oxygens (including phenoxy) is 1. The number of nitrogens with one attached hydrogen (secondary N) is 1. The Morgan fingerprint density at radius 2 is 1.79 bits per heavy atom. The molecule has 1 saturated heterocycles. The number of aromatic nitrogens is 2. The van der Waals surface area contributed by atoms with Gasteiger partial charge < -0.3 is 19.9 Å². The largest absolute Gasteiger partial charge is 0.497 e. The molecule has 1 aromatic carbocycles. The van der Waals surface area contributed by atoms with E-state index in [1.165, 1.54) is 0 Å². The van der Waals surface area contributed by atoms with E-state index in [-0.39, 0.29) is 23.6 Å². The smallest absolute Gasteiger partial charge is 0.274 e. The van der Waals surface area contributed by atoms with Crippen LogP contribution in [-0.4, -0.2) is 70.1 Å². The van der Waals surface area contributed by atoms with E-state index < -0.39 is 0 Å². The number of likely N-dealkylation sites (tertiary alicyclic amines) is 1. The second-order valence-electron chi connectivity index (χ2n) is 9.48. The van der Waals surface area contributed by atoms with Crippen LogP contribution in [-0.2, 0) is 24.8 Å². The van der Waals surface area contributed by atoms with Crippen LogP contribution in [0.15, 0.2) is 24.3 Å². The number of rotatable bonds is 5. The zero-order valence-electron chi connectivity index (χ0n) is 19.7. The lowest BCUT2D eigenvalue weighted by molar-refractivity contribution is -0.126. The molecule has 3 aliphatic rings. The number of nitrogens with zero attached hydrogens (tertiary/aromatic N) is 4. The molecular formula is C25H31N5O4. The maximum absolute atomic E-state index is 13.5. The Hall–Kier alpha value is -3.36. The average Bonchev–Trinajstić information content (AvgIpc) is 3.63. The Labute approximate surface area is 199 Å². The van der Waals surface area contributed by atoms with Crippen molar-refractivity contribution in [1.82, 2.24) is 24.9 Å². The third-order valence-electron chi connectivity index (χ3n) is 7.07. The number of hydrogen-bond acceptors (Lipinski definition) is 5. The topological polar surface area (TPSA) is 96.8 Å². The van der Waals surface area contributed by atoms with Gasteiger partial charge in [0, 0.05) is 56.0 Å². The lowest BCUT2D eigenvalue weighted by atomic mass is 9.96. The van der Waals surface area contributed by atoms with Gasteiger partial charge in [0.2, 0.25) is 5.91 Å². The fourth-order valence-corrected chi connectivity index (χ4v) is 4.93. The molecule has 34 heavy (non-hydrogen) atoms. The fraction of sp³-hybridized carbons (Fsp3) is 0.520. The van der Waals surface area contributed by atoms with Gasteiger partial charge in [-0.2, -0.15) is 5.10 Å². The van der Waals surface area contributed by atoms with Gasteiger partial charge in [-0.25, -0.2) is 0 Å². The zero-order valence-corrected chi connectivity index (χ0v) is 19.7. The number of fused-ring (bicyclic) bond motifs is 1. The minimum atomic E-state index is -0.175. The molecule has 9 nitrogen and oxygen atoms in total. The van der Waals surface area contributed by atoms with Crippen molar-refractivity contribution in [2.45, 2.75) is 44.7 Å². The van der Waals surface area contributed by atoms with E-state index in [4.69, 9.17) is 4.74 Å². The second-order valence-corrected chi connectivity index (χ2v) is 9.48. The molecular weight excluding hydrogens is 434 g/mol. The van der Waals surface area contributed by atoms with E-state index in [0.717, 1.165) is 36.9 Å². The molecule has 2 aliphatic heterocycles. The van der Waals surface area contributed by atoms with Crippen molar-refractivity contribution in [1.29, 1.82) is 0 Å². The van der Waals surface area contributed by atoms with E-state index in [1.807, 2.05) is 7.05 Å². The number of carbonyl (C=O) groups is 3. The standard InChI is InChI=1S/C25H31N5O4/c1-28-21-11-13-30(24(32)16-5-9-19(34-2)10-6-16)15-20(21)22(27-28)25(33)29-12-3-4-17(14-29)23(31)26-18-7-8-18/h5-6,9-10,17-18H,3-4,7-8,11-15H2,1-2H3,(H,26,31). The molecule has 0 radical (unpaired) electrons. The molecule has 0 spiro atoms. The van der Waals surface area contributed by atoms with E-state index in [2.05, 4.69) is 10.4 Å². The van der Waals surface area contributed by atoms with Gasteiger partial charge in [-0.15, -0.1) is 0 Å². The predicted molar refractivity (Wildman–Crippen MR) is 124 cm³/mol. The van der Waals surface area contributed by atoms with Crippen LogP contribution in [0.25, 0.3) is 0 Å². The van der Waals surface area contributed by atoms with Crippen molar-refractivity contribution in [2.24, 2.45) is 13.0 Å². The van der Waals surface area contributed by atoms with Gasteiger partial charge in [0.15, 0.2) is 5.69 Å². The van der Waals surface area contributed by atoms with Gasteiger partial charge in [0.1, 0.15) is 5.75 Å². The quantitative estimate of drug-likeness (QED) is 0.726. The Kier molecular flexibility index (Phi) is 6.02. The number of benzene rings is 1. The summed E-state index contributed by atoms with van der Waals surface area (Å²) in [4.78, 5) is 42.7. The molecule has 1 N–H and O–H groups in total. The summed E-state index contributed by atoms with van der Waals surface area (Å²) in [5.74, 6) is 0.346. The molecule has 1 atom stereocenters. The van der Waals surface area contributed by atoms with Crippen molar-refractivity contribution in [3.63, 3.8) is 0 Å². The molecule has 1 aromatic heterocycles. The molecule has 3 heterocycles. The first-order valence-corrected chi connectivity index (χ1v) is 12.0. The third kappa shape index (κ3) is 4.38. The van der Waals surface area contributed by atoms with Crippen LogP contribution in [0.5, 0.6) is 5.75 Å². The van der Waals surface area contributed by atoms with Crippen LogP contribution in [0.1, 0.15) is 57.8 Å².